The predicted molar refractivity (Wildman–Crippen MR) is 123 cm³/mol. The summed E-state index contributed by atoms with van der Waals surface area (Å²) in [6.07, 6.45) is 0. The standard InChI is InChI=1S/C24H25N3O3S/c1-30-20-11-9-19(10-12-20)25-23(28)22(18-6-3-2-4-7-18)26-13-15-27(16-14-26)24(29)21-8-5-17-31-21/h2-12,17,22H,13-16H2,1H3,(H,25,28)/t22-/m0/s1. The fourth-order valence-electron chi connectivity index (χ4n) is 3.79. The molecule has 7 heteroatoms. The summed E-state index contributed by atoms with van der Waals surface area (Å²) in [4.78, 5) is 30.7. The Morgan fingerprint density at radius 3 is 2.26 bits per heavy atom. The molecule has 3 aromatic rings. The summed E-state index contributed by atoms with van der Waals surface area (Å²) < 4.78 is 5.19. The maximum atomic E-state index is 13.3. The number of hydrogen-bond donors (Lipinski definition) is 1. The van der Waals surface area contributed by atoms with E-state index in [4.69, 9.17) is 4.74 Å². The summed E-state index contributed by atoms with van der Waals surface area (Å²) in [5, 5.41) is 4.95. The first-order chi connectivity index (χ1) is 15.2. The number of piperazine rings is 1. The van der Waals surface area contributed by atoms with Crippen LogP contribution in [0.2, 0.25) is 0 Å². The van der Waals surface area contributed by atoms with Gasteiger partial charge >= 0.3 is 0 Å². The Kier molecular flexibility index (Phi) is 6.64. The van der Waals surface area contributed by atoms with Crippen molar-refractivity contribution >= 4 is 28.8 Å². The number of anilines is 1. The third-order valence-electron chi connectivity index (χ3n) is 5.42. The molecule has 2 heterocycles. The molecule has 0 bridgehead atoms. The molecule has 0 unspecified atom stereocenters. The highest BCUT2D eigenvalue weighted by Crippen LogP contribution is 2.25. The fourth-order valence-corrected chi connectivity index (χ4v) is 4.48. The average molecular weight is 436 g/mol. The second kappa shape index (κ2) is 9.76. The van der Waals surface area contributed by atoms with Crippen LogP contribution in [0.15, 0.2) is 72.1 Å². The SMILES string of the molecule is COc1ccc(NC(=O)[C@H](c2ccccc2)N2CCN(C(=O)c3cccs3)CC2)cc1. The van der Waals surface area contributed by atoms with Crippen LogP contribution in [-0.2, 0) is 4.79 Å². The molecular formula is C24H25N3O3S. The van der Waals surface area contributed by atoms with Gasteiger partial charge < -0.3 is 15.0 Å². The van der Waals surface area contributed by atoms with Crippen LogP contribution in [0, 0.1) is 0 Å². The maximum Gasteiger partial charge on any atom is 0.264 e. The van der Waals surface area contributed by atoms with Crippen molar-refractivity contribution in [2.45, 2.75) is 6.04 Å². The summed E-state index contributed by atoms with van der Waals surface area (Å²) in [5.74, 6) is 0.715. The number of nitrogens with zero attached hydrogens (tertiary/aromatic N) is 2. The Bertz CT molecular complexity index is 998. The van der Waals surface area contributed by atoms with Crippen molar-refractivity contribution < 1.29 is 14.3 Å². The lowest BCUT2D eigenvalue weighted by Gasteiger charge is -2.38. The molecule has 31 heavy (non-hydrogen) atoms. The number of hydrogen-bond acceptors (Lipinski definition) is 5. The number of rotatable bonds is 6. The van der Waals surface area contributed by atoms with E-state index in [2.05, 4.69) is 10.2 Å². The highest BCUT2D eigenvalue weighted by atomic mass is 32.1. The zero-order chi connectivity index (χ0) is 21.6. The van der Waals surface area contributed by atoms with Gasteiger partial charge in [0.05, 0.1) is 12.0 Å². The first kappa shape index (κ1) is 21.1. The molecule has 0 radical (unpaired) electrons. The lowest BCUT2D eigenvalue weighted by atomic mass is 10.0. The van der Waals surface area contributed by atoms with Crippen molar-refractivity contribution in [3.05, 3.63) is 82.6 Å². The van der Waals surface area contributed by atoms with Crippen molar-refractivity contribution in [2.75, 3.05) is 38.6 Å². The molecule has 0 saturated carbocycles. The Hall–Kier alpha value is -3.16. The van der Waals surface area contributed by atoms with Crippen molar-refractivity contribution in [3.63, 3.8) is 0 Å². The molecule has 1 aliphatic heterocycles. The van der Waals surface area contributed by atoms with Crippen LogP contribution in [0.1, 0.15) is 21.3 Å². The summed E-state index contributed by atoms with van der Waals surface area (Å²) in [6.45, 7) is 2.45. The van der Waals surface area contributed by atoms with E-state index in [-0.39, 0.29) is 11.8 Å². The molecule has 6 nitrogen and oxygen atoms in total. The molecule has 160 valence electrons. The van der Waals surface area contributed by atoms with Gasteiger partial charge in [-0.05, 0) is 41.3 Å². The minimum Gasteiger partial charge on any atom is -0.497 e. The molecule has 1 aromatic heterocycles. The van der Waals surface area contributed by atoms with Crippen molar-refractivity contribution in [3.8, 4) is 5.75 Å². The van der Waals surface area contributed by atoms with Crippen LogP contribution in [0.5, 0.6) is 5.75 Å². The molecule has 1 aliphatic rings. The van der Waals surface area contributed by atoms with E-state index in [1.807, 2.05) is 77.0 Å². The van der Waals surface area contributed by atoms with Gasteiger partial charge in [0.2, 0.25) is 5.91 Å². The number of methoxy groups -OCH3 is 1. The van der Waals surface area contributed by atoms with E-state index < -0.39 is 6.04 Å². The third kappa shape index (κ3) is 4.95. The zero-order valence-electron chi connectivity index (χ0n) is 17.4. The lowest BCUT2D eigenvalue weighted by molar-refractivity contribution is -0.122. The minimum atomic E-state index is -0.428. The van der Waals surface area contributed by atoms with Gasteiger partial charge in [-0.2, -0.15) is 0 Å². The summed E-state index contributed by atoms with van der Waals surface area (Å²) in [6, 6.07) is 20.4. The van der Waals surface area contributed by atoms with E-state index in [9.17, 15) is 9.59 Å². The van der Waals surface area contributed by atoms with E-state index in [0.717, 1.165) is 21.9 Å². The largest absolute Gasteiger partial charge is 0.497 e. The Morgan fingerprint density at radius 1 is 0.935 bits per heavy atom. The van der Waals surface area contributed by atoms with Gasteiger partial charge in [-0.3, -0.25) is 14.5 Å². The number of thiophene rings is 1. The quantitative estimate of drug-likeness (QED) is 0.638. The van der Waals surface area contributed by atoms with E-state index in [1.165, 1.54) is 11.3 Å². The fraction of sp³-hybridized carbons (Fsp3) is 0.250. The van der Waals surface area contributed by atoms with Gasteiger partial charge in [0.15, 0.2) is 0 Å². The number of nitrogens with one attached hydrogen (secondary N) is 1. The molecule has 2 aromatic carbocycles. The van der Waals surface area contributed by atoms with Gasteiger partial charge in [0.25, 0.3) is 5.91 Å². The third-order valence-corrected chi connectivity index (χ3v) is 6.28. The van der Waals surface area contributed by atoms with Gasteiger partial charge in [-0.15, -0.1) is 11.3 Å². The van der Waals surface area contributed by atoms with Gasteiger partial charge in [-0.25, -0.2) is 0 Å². The molecule has 0 spiro atoms. The Balaban J connectivity index is 1.48. The Labute approximate surface area is 186 Å². The number of ether oxygens (including phenoxy) is 1. The number of carbonyl (C=O) groups excluding carboxylic acids is 2. The highest BCUT2D eigenvalue weighted by Gasteiger charge is 2.32. The van der Waals surface area contributed by atoms with E-state index >= 15 is 0 Å². The molecule has 1 saturated heterocycles. The predicted octanol–water partition coefficient (Wildman–Crippen LogP) is 3.89. The van der Waals surface area contributed by atoms with E-state index in [0.29, 0.717) is 26.2 Å². The number of benzene rings is 2. The molecule has 1 fully saturated rings. The second-order valence-corrected chi connectivity index (χ2v) is 8.28. The van der Waals surface area contributed by atoms with Crippen molar-refractivity contribution in [1.82, 2.24) is 9.80 Å². The molecule has 4 rings (SSSR count). The van der Waals surface area contributed by atoms with Crippen LogP contribution < -0.4 is 10.1 Å². The highest BCUT2D eigenvalue weighted by molar-refractivity contribution is 7.12. The van der Waals surface area contributed by atoms with Crippen LogP contribution in [-0.4, -0.2) is 54.9 Å². The first-order valence-electron chi connectivity index (χ1n) is 10.2. The monoisotopic (exact) mass is 435 g/mol. The first-order valence-corrected chi connectivity index (χ1v) is 11.1. The van der Waals surface area contributed by atoms with Crippen LogP contribution in [0.25, 0.3) is 0 Å². The molecular weight excluding hydrogens is 410 g/mol. The van der Waals surface area contributed by atoms with Crippen LogP contribution in [0.4, 0.5) is 5.69 Å². The van der Waals surface area contributed by atoms with Gasteiger partial charge in [0.1, 0.15) is 11.8 Å². The number of carbonyl (C=O) groups is 2. The zero-order valence-corrected chi connectivity index (χ0v) is 18.2. The lowest BCUT2D eigenvalue weighted by Crippen LogP contribution is -2.51. The molecule has 1 N–H and O–H groups in total. The van der Waals surface area contributed by atoms with E-state index in [1.54, 1.807) is 7.11 Å². The van der Waals surface area contributed by atoms with Gasteiger partial charge in [-0.1, -0.05) is 36.4 Å². The number of amides is 2. The normalized spacial score (nSPS) is 15.3. The second-order valence-electron chi connectivity index (χ2n) is 7.34. The summed E-state index contributed by atoms with van der Waals surface area (Å²) in [7, 11) is 1.61. The average Bonchev–Trinajstić information content (AvgIpc) is 3.35. The van der Waals surface area contributed by atoms with Gasteiger partial charge in [0, 0.05) is 31.9 Å². The van der Waals surface area contributed by atoms with Crippen molar-refractivity contribution in [1.29, 1.82) is 0 Å². The van der Waals surface area contributed by atoms with Crippen molar-refractivity contribution in [2.24, 2.45) is 0 Å². The smallest absolute Gasteiger partial charge is 0.264 e. The minimum absolute atomic E-state index is 0.0635. The molecule has 2 amide bonds. The Morgan fingerprint density at radius 2 is 1.65 bits per heavy atom. The summed E-state index contributed by atoms with van der Waals surface area (Å²) in [5.41, 5.74) is 1.66. The topological polar surface area (TPSA) is 61.9 Å². The van der Waals surface area contributed by atoms with Crippen LogP contribution in [0.3, 0.4) is 0 Å². The molecule has 0 aliphatic carbocycles. The molecule has 1 atom stereocenters. The maximum absolute atomic E-state index is 13.3. The van der Waals surface area contributed by atoms with Crippen LogP contribution >= 0.6 is 11.3 Å². The summed E-state index contributed by atoms with van der Waals surface area (Å²) >= 11 is 1.46.